The zero-order chi connectivity index (χ0) is 12.5. The second-order valence-electron chi connectivity index (χ2n) is 4.56. The Labute approximate surface area is 117 Å². The van der Waals surface area contributed by atoms with Crippen molar-refractivity contribution in [3.63, 3.8) is 0 Å². The van der Waals surface area contributed by atoms with Crippen molar-refractivity contribution in [2.24, 2.45) is 0 Å². The van der Waals surface area contributed by atoms with E-state index < -0.39 is 0 Å². The summed E-state index contributed by atoms with van der Waals surface area (Å²) in [6.07, 6.45) is 6.57. The van der Waals surface area contributed by atoms with Crippen molar-refractivity contribution in [1.82, 2.24) is 15.1 Å². The van der Waals surface area contributed by atoms with E-state index in [-0.39, 0.29) is 12.4 Å². The Balaban J connectivity index is 0.00000289. The van der Waals surface area contributed by atoms with Gasteiger partial charge in [-0.25, -0.2) is 0 Å². The van der Waals surface area contributed by atoms with Crippen molar-refractivity contribution < 1.29 is 4.74 Å². The summed E-state index contributed by atoms with van der Waals surface area (Å²) in [7, 11) is 0. The SMILES string of the molecule is CCCn1cc(CNCCCOC(C)C)cn1.Cl. The van der Waals surface area contributed by atoms with E-state index in [9.17, 15) is 0 Å². The first-order valence-corrected chi connectivity index (χ1v) is 6.56. The van der Waals surface area contributed by atoms with Crippen LogP contribution >= 0.6 is 12.4 Å². The molecule has 0 aliphatic carbocycles. The summed E-state index contributed by atoms with van der Waals surface area (Å²) in [6, 6.07) is 0. The van der Waals surface area contributed by atoms with Gasteiger partial charge in [-0.3, -0.25) is 4.68 Å². The van der Waals surface area contributed by atoms with Gasteiger partial charge in [-0.05, 0) is 33.2 Å². The zero-order valence-corrected chi connectivity index (χ0v) is 12.5. The van der Waals surface area contributed by atoms with E-state index in [0.717, 1.165) is 39.1 Å². The zero-order valence-electron chi connectivity index (χ0n) is 11.7. The van der Waals surface area contributed by atoms with Crippen LogP contribution in [0.1, 0.15) is 39.2 Å². The lowest BCUT2D eigenvalue weighted by molar-refractivity contribution is 0.0770. The maximum Gasteiger partial charge on any atom is 0.0534 e. The molecule has 0 spiro atoms. The fourth-order valence-corrected chi connectivity index (χ4v) is 1.60. The Morgan fingerprint density at radius 1 is 1.44 bits per heavy atom. The summed E-state index contributed by atoms with van der Waals surface area (Å²) in [5.74, 6) is 0. The Morgan fingerprint density at radius 3 is 2.89 bits per heavy atom. The van der Waals surface area contributed by atoms with Crippen molar-refractivity contribution in [1.29, 1.82) is 0 Å². The largest absolute Gasteiger partial charge is 0.379 e. The highest BCUT2D eigenvalue weighted by molar-refractivity contribution is 5.85. The first kappa shape index (κ1) is 17.4. The number of nitrogens with zero attached hydrogens (tertiary/aromatic N) is 2. The smallest absolute Gasteiger partial charge is 0.0534 e. The first-order valence-electron chi connectivity index (χ1n) is 6.56. The average molecular weight is 276 g/mol. The van der Waals surface area contributed by atoms with Gasteiger partial charge in [0, 0.05) is 31.5 Å². The van der Waals surface area contributed by atoms with Crippen LogP contribution in [-0.2, 0) is 17.8 Å². The highest BCUT2D eigenvalue weighted by Gasteiger charge is 1.97. The number of hydrogen-bond acceptors (Lipinski definition) is 3. The van der Waals surface area contributed by atoms with E-state index in [4.69, 9.17) is 4.74 Å². The Morgan fingerprint density at radius 2 is 2.22 bits per heavy atom. The number of halogens is 1. The minimum atomic E-state index is 0. The van der Waals surface area contributed by atoms with Gasteiger partial charge in [0.2, 0.25) is 0 Å². The molecule has 0 saturated carbocycles. The van der Waals surface area contributed by atoms with E-state index in [0.29, 0.717) is 6.10 Å². The van der Waals surface area contributed by atoms with Crippen LogP contribution in [0.4, 0.5) is 0 Å². The van der Waals surface area contributed by atoms with Crippen LogP contribution in [0.3, 0.4) is 0 Å². The van der Waals surface area contributed by atoms with Crippen LogP contribution in [0.2, 0.25) is 0 Å². The fourth-order valence-electron chi connectivity index (χ4n) is 1.60. The van der Waals surface area contributed by atoms with Crippen molar-refractivity contribution in [3.8, 4) is 0 Å². The number of ether oxygens (including phenoxy) is 1. The average Bonchev–Trinajstić information content (AvgIpc) is 2.71. The maximum atomic E-state index is 5.47. The molecule has 106 valence electrons. The van der Waals surface area contributed by atoms with Crippen LogP contribution in [0, 0.1) is 0 Å². The summed E-state index contributed by atoms with van der Waals surface area (Å²) < 4.78 is 7.47. The third-order valence-electron chi connectivity index (χ3n) is 2.42. The minimum Gasteiger partial charge on any atom is -0.379 e. The highest BCUT2D eigenvalue weighted by atomic mass is 35.5. The Kier molecular flexibility index (Phi) is 10.0. The Bertz CT molecular complexity index is 302. The standard InChI is InChI=1S/C13H25N3O.ClH/c1-4-7-16-11-13(10-15-16)9-14-6-5-8-17-12(2)3;/h10-12,14H,4-9H2,1-3H3;1H. The molecule has 1 aromatic rings. The highest BCUT2D eigenvalue weighted by Crippen LogP contribution is 1.98. The lowest BCUT2D eigenvalue weighted by atomic mass is 10.3. The molecule has 1 aromatic heterocycles. The molecule has 0 saturated heterocycles. The summed E-state index contributed by atoms with van der Waals surface area (Å²) in [5.41, 5.74) is 1.25. The molecule has 18 heavy (non-hydrogen) atoms. The third kappa shape index (κ3) is 7.69. The molecule has 4 nitrogen and oxygen atoms in total. The predicted molar refractivity (Wildman–Crippen MR) is 77.2 cm³/mol. The molecule has 0 radical (unpaired) electrons. The predicted octanol–water partition coefficient (Wildman–Crippen LogP) is 2.62. The van der Waals surface area contributed by atoms with Crippen molar-refractivity contribution in [3.05, 3.63) is 18.0 Å². The van der Waals surface area contributed by atoms with Gasteiger partial charge in [0.1, 0.15) is 0 Å². The fraction of sp³-hybridized carbons (Fsp3) is 0.769. The molecule has 0 aromatic carbocycles. The number of hydrogen-bond donors (Lipinski definition) is 1. The van der Waals surface area contributed by atoms with Gasteiger partial charge < -0.3 is 10.1 Å². The van der Waals surface area contributed by atoms with E-state index in [2.05, 4.69) is 37.4 Å². The number of aromatic nitrogens is 2. The molecule has 1 N–H and O–H groups in total. The third-order valence-corrected chi connectivity index (χ3v) is 2.42. The van der Waals surface area contributed by atoms with Crippen LogP contribution in [-0.4, -0.2) is 29.0 Å². The summed E-state index contributed by atoms with van der Waals surface area (Å²) >= 11 is 0. The van der Waals surface area contributed by atoms with Crippen LogP contribution in [0.15, 0.2) is 12.4 Å². The minimum absolute atomic E-state index is 0. The second kappa shape index (κ2) is 10.4. The second-order valence-corrected chi connectivity index (χ2v) is 4.56. The molecule has 0 fully saturated rings. The normalized spacial score (nSPS) is 10.7. The van der Waals surface area contributed by atoms with Crippen LogP contribution < -0.4 is 5.32 Å². The van der Waals surface area contributed by atoms with Crippen LogP contribution in [0.5, 0.6) is 0 Å². The van der Waals surface area contributed by atoms with Gasteiger partial charge in [-0.15, -0.1) is 12.4 Å². The van der Waals surface area contributed by atoms with Gasteiger partial charge in [0.05, 0.1) is 12.3 Å². The molecule has 0 atom stereocenters. The molecule has 1 rings (SSSR count). The molecule has 5 heteroatoms. The molecule has 1 heterocycles. The molecule has 0 amide bonds. The van der Waals surface area contributed by atoms with E-state index in [1.54, 1.807) is 0 Å². The topological polar surface area (TPSA) is 39.1 Å². The molecule has 0 aliphatic heterocycles. The molecule has 0 aliphatic rings. The molecular formula is C13H26ClN3O. The maximum absolute atomic E-state index is 5.47. The molecular weight excluding hydrogens is 250 g/mol. The van der Waals surface area contributed by atoms with E-state index >= 15 is 0 Å². The monoisotopic (exact) mass is 275 g/mol. The summed E-state index contributed by atoms with van der Waals surface area (Å²) in [4.78, 5) is 0. The Hall–Kier alpha value is -0.580. The first-order chi connectivity index (χ1) is 8.22. The van der Waals surface area contributed by atoms with Gasteiger partial charge >= 0.3 is 0 Å². The van der Waals surface area contributed by atoms with Crippen molar-refractivity contribution in [2.45, 2.75) is 52.8 Å². The number of rotatable bonds is 9. The van der Waals surface area contributed by atoms with Crippen LogP contribution in [0.25, 0.3) is 0 Å². The van der Waals surface area contributed by atoms with Gasteiger partial charge in [-0.2, -0.15) is 5.10 Å². The lowest BCUT2D eigenvalue weighted by Crippen LogP contribution is -2.17. The van der Waals surface area contributed by atoms with Crippen molar-refractivity contribution >= 4 is 12.4 Å². The summed E-state index contributed by atoms with van der Waals surface area (Å²) in [5, 5.41) is 7.69. The lowest BCUT2D eigenvalue weighted by Gasteiger charge is -2.07. The summed E-state index contributed by atoms with van der Waals surface area (Å²) in [6.45, 7) is 10.0. The molecule has 0 bridgehead atoms. The number of aryl methyl sites for hydroxylation is 1. The number of nitrogens with one attached hydrogen (secondary N) is 1. The van der Waals surface area contributed by atoms with Gasteiger partial charge in [-0.1, -0.05) is 6.92 Å². The quantitative estimate of drug-likeness (QED) is 0.704. The molecule has 0 unspecified atom stereocenters. The van der Waals surface area contributed by atoms with Gasteiger partial charge in [0.15, 0.2) is 0 Å². The van der Waals surface area contributed by atoms with E-state index in [1.807, 2.05) is 10.9 Å². The van der Waals surface area contributed by atoms with Gasteiger partial charge in [0.25, 0.3) is 0 Å². The van der Waals surface area contributed by atoms with E-state index in [1.165, 1.54) is 5.56 Å². The van der Waals surface area contributed by atoms with Crippen molar-refractivity contribution in [2.75, 3.05) is 13.2 Å².